The Balaban J connectivity index is 1.83. The number of anilines is 2. The fraction of sp³-hybridized carbons (Fsp3) is 0.500. The quantitative estimate of drug-likeness (QED) is 0.748. The van der Waals surface area contributed by atoms with Gasteiger partial charge in [0.05, 0.1) is 6.20 Å². The van der Waals surface area contributed by atoms with E-state index in [-0.39, 0.29) is 0 Å². The van der Waals surface area contributed by atoms with Crippen LogP contribution in [0.3, 0.4) is 0 Å². The number of nitrogens with one attached hydrogen (secondary N) is 1. The first-order valence-electron chi connectivity index (χ1n) is 6.33. The molecule has 2 aliphatic rings. The average Bonchev–Trinajstić information content (AvgIpc) is 3.05. The summed E-state index contributed by atoms with van der Waals surface area (Å²) in [7, 11) is 0. The third-order valence-corrected chi connectivity index (χ3v) is 4.01. The van der Waals surface area contributed by atoms with E-state index >= 15 is 0 Å². The van der Waals surface area contributed by atoms with E-state index in [0.717, 1.165) is 30.1 Å². The second kappa shape index (κ2) is 3.35. The highest BCUT2D eigenvalue weighted by Crippen LogP contribution is 2.29. The summed E-state index contributed by atoms with van der Waals surface area (Å²) in [6.45, 7) is 4.09. The lowest BCUT2D eigenvalue weighted by Crippen LogP contribution is -2.44. The van der Waals surface area contributed by atoms with Crippen LogP contribution in [0.2, 0.25) is 0 Å². The molecule has 2 aliphatic heterocycles. The van der Waals surface area contributed by atoms with E-state index in [0.29, 0.717) is 17.9 Å². The van der Waals surface area contributed by atoms with Gasteiger partial charge >= 0.3 is 0 Å². The first kappa shape index (κ1) is 10.1. The van der Waals surface area contributed by atoms with Crippen LogP contribution < -0.4 is 16.0 Å². The molecule has 6 heteroatoms. The number of nitrogens with two attached hydrogens (primary N) is 1. The van der Waals surface area contributed by atoms with E-state index in [1.54, 1.807) is 10.7 Å². The van der Waals surface area contributed by atoms with Crippen LogP contribution in [0.1, 0.15) is 12.0 Å². The van der Waals surface area contributed by atoms with Crippen molar-refractivity contribution in [3.05, 3.63) is 17.8 Å². The molecular weight excluding hydrogens is 228 g/mol. The van der Waals surface area contributed by atoms with Gasteiger partial charge in [-0.15, -0.1) is 0 Å². The number of piperazine rings is 1. The molecule has 2 aromatic rings. The van der Waals surface area contributed by atoms with Crippen LogP contribution in [-0.2, 0) is 0 Å². The van der Waals surface area contributed by atoms with Crippen LogP contribution in [0.25, 0.3) is 5.65 Å². The number of fused-ring (bicyclic) bond motifs is 3. The summed E-state index contributed by atoms with van der Waals surface area (Å²) in [5.74, 6) is 1.64. The monoisotopic (exact) mass is 244 g/mol. The van der Waals surface area contributed by atoms with Gasteiger partial charge in [0.15, 0.2) is 5.65 Å². The van der Waals surface area contributed by atoms with Crippen LogP contribution >= 0.6 is 0 Å². The molecule has 4 heterocycles. The second-order valence-corrected chi connectivity index (χ2v) is 5.25. The van der Waals surface area contributed by atoms with Crippen LogP contribution in [0.15, 0.2) is 12.3 Å². The maximum Gasteiger partial charge on any atom is 0.162 e. The molecule has 6 nitrogen and oxygen atoms in total. The van der Waals surface area contributed by atoms with E-state index in [1.165, 1.54) is 6.42 Å². The molecule has 2 aromatic heterocycles. The summed E-state index contributed by atoms with van der Waals surface area (Å²) in [4.78, 5) is 7.08. The number of nitrogen functional groups attached to an aromatic ring is 1. The first-order chi connectivity index (χ1) is 8.72. The van der Waals surface area contributed by atoms with Crippen molar-refractivity contribution in [2.24, 2.45) is 0 Å². The molecule has 2 saturated heterocycles. The summed E-state index contributed by atoms with van der Waals surface area (Å²) >= 11 is 0. The SMILES string of the molecule is Cc1cnn2c(N)cc(N3C[C@@H]4C[C@H]3CN4)nc12. The second-order valence-electron chi connectivity index (χ2n) is 5.25. The Labute approximate surface area is 105 Å². The average molecular weight is 244 g/mol. The fourth-order valence-electron chi connectivity index (χ4n) is 3.07. The zero-order chi connectivity index (χ0) is 12.3. The highest BCUT2D eigenvalue weighted by Gasteiger charge is 2.38. The molecule has 4 rings (SSSR count). The minimum Gasteiger partial charge on any atom is -0.383 e. The molecule has 0 spiro atoms. The molecule has 2 fully saturated rings. The van der Waals surface area contributed by atoms with Crippen molar-refractivity contribution in [3.8, 4) is 0 Å². The molecule has 0 saturated carbocycles. The van der Waals surface area contributed by atoms with Gasteiger partial charge in [-0.25, -0.2) is 4.98 Å². The van der Waals surface area contributed by atoms with Crippen LogP contribution in [0.4, 0.5) is 11.6 Å². The minimum absolute atomic E-state index is 0.563. The summed E-state index contributed by atoms with van der Waals surface area (Å²) in [6.07, 6.45) is 3.02. The molecule has 94 valence electrons. The number of aromatic nitrogens is 3. The van der Waals surface area contributed by atoms with Gasteiger partial charge in [-0.3, -0.25) is 0 Å². The predicted molar refractivity (Wildman–Crippen MR) is 69.7 cm³/mol. The van der Waals surface area contributed by atoms with Crippen molar-refractivity contribution in [1.29, 1.82) is 0 Å². The van der Waals surface area contributed by atoms with Gasteiger partial charge in [0, 0.05) is 36.8 Å². The Morgan fingerprint density at radius 1 is 1.50 bits per heavy atom. The summed E-state index contributed by atoms with van der Waals surface area (Å²) in [5, 5.41) is 7.73. The number of nitrogens with zero attached hydrogens (tertiary/aromatic N) is 4. The van der Waals surface area contributed by atoms with Crippen LogP contribution in [0, 0.1) is 6.92 Å². The van der Waals surface area contributed by atoms with Crippen molar-refractivity contribution >= 4 is 17.3 Å². The minimum atomic E-state index is 0.563. The third kappa shape index (κ3) is 1.26. The molecule has 0 radical (unpaired) electrons. The first-order valence-corrected chi connectivity index (χ1v) is 6.33. The van der Waals surface area contributed by atoms with E-state index in [9.17, 15) is 0 Å². The Bertz CT molecular complexity index is 618. The molecule has 3 N–H and O–H groups in total. The number of aryl methyl sites for hydroxylation is 1. The van der Waals surface area contributed by atoms with Crippen molar-refractivity contribution in [2.45, 2.75) is 25.4 Å². The molecule has 18 heavy (non-hydrogen) atoms. The van der Waals surface area contributed by atoms with Gasteiger partial charge in [0.25, 0.3) is 0 Å². The van der Waals surface area contributed by atoms with Crippen LogP contribution in [-0.4, -0.2) is 39.8 Å². The molecule has 2 atom stereocenters. The van der Waals surface area contributed by atoms with Crippen molar-refractivity contribution in [2.75, 3.05) is 23.7 Å². The number of hydrogen-bond acceptors (Lipinski definition) is 5. The third-order valence-electron chi connectivity index (χ3n) is 4.01. The van der Waals surface area contributed by atoms with Gasteiger partial charge in [-0.1, -0.05) is 0 Å². The van der Waals surface area contributed by atoms with E-state index < -0.39 is 0 Å². The summed E-state index contributed by atoms with van der Waals surface area (Å²) < 4.78 is 1.70. The number of hydrogen-bond donors (Lipinski definition) is 2. The van der Waals surface area contributed by atoms with E-state index in [2.05, 4.69) is 15.3 Å². The smallest absolute Gasteiger partial charge is 0.162 e. The van der Waals surface area contributed by atoms with Crippen molar-refractivity contribution in [1.82, 2.24) is 19.9 Å². The Hall–Kier alpha value is -1.82. The lowest BCUT2D eigenvalue weighted by Gasteiger charge is -2.28. The Morgan fingerprint density at radius 3 is 3.11 bits per heavy atom. The normalized spacial score (nSPS) is 26.4. The lowest BCUT2D eigenvalue weighted by molar-refractivity contribution is 0.576. The molecule has 0 unspecified atom stereocenters. The molecular formula is C12H16N6. The summed E-state index contributed by atoms with van der Waals surface area (Å²) in [5.41, 5.74) is 7.98. The maximum absolute atomic E-state index is 6.05. The fourth-order valence-corrected chi connectivity index (χ4v) is 3.07. The Morgan fingerprint density at radius 2 is 2.39 bits per heavy atom. The van der Waals surface area contributed by atoms with Gasteiger partial charge in [-0.2, -0.15) is 9.61 Å². The van der Waals surface area contributed by atoms with Gasteiger partial charge in [0.1, 0.15) is 11.6 Å². The maximum atomic E-state index is 6.05. The Kier molecular flexibility index (Phi) is 1.89. The largest absolute Gasteiger partial charge is 0.383 e. The van der Waals surface area contributed by atoms with Gasteiger partial charge < -0.3 is 16.0 Å². The predicted octanol–water partition coefficient (Wildman–Crippen LogP) is 0.170. The topological polar surface area (TPSA) is 71.5 Å². The zero-order valence-electron chi connectivity index (χ0n) is 10.3. The van der Waals surface area contributed by atoms with E-state index in [1.807, 2.05) is 13.0 Å². The highest BCUT2D eigenvalue weighted by molar-refractivity contribution is 5.60. The standard InChI is InChI=1S/C12H16N6/c1-7-4-15-18-10(13)3-11(16-12(7)18)17-6-8-2-9(17)5-14-8/h3-4,8-9,14H,2,5-6,13H2,1H3/t8-,9-/m0/s1. The van der Waals surface area contributed by atoms with E-state index in [4.69, 9.17) is 10.7 Å². The molecule has 2 bridgehead atoms. The number of rotatable bonds is 1. The molecule has 0 amide bonds. The van der Waals surface area contributed by atoms with Crippen molar-refractivity contribution < 1.29 is 0 Å². The van der Waals surface area contributed by atoms with Gasteiger partial charge in [-0.05, 0) is 13.3 Å². The summed E-state index contributed by atoms with van der Waals surface area (Å²) in [6, 6.07) is 3.10. The van der Waals surface area contributed by atoms with Gasteiger partial charge in [0.2, 0.25) is 0 Å². The molecule has 0 aromatic carbocycles. The highest BCUT2D eigenvalue weighted by atomic mass is 15.3. The van der Waals surface area contributed by atoms with Crippen LogP contribution in [0.5, 0.6) is 0 Å². The zero-order valence-corrected chi connectivity index (χ0v) is 10.3. The molecule has 0 aliphatic carbocycles. The van der Waals surface area contributed by atoms with Crippen molar-refractivity contribution in [3.63, 3.8) is 0 Å². The lowest BCUT2D eigenvalue weighted by atomic mass is 10.2.